The number of amides is 3. The van der Waals surface area contributed by atoms with Crippen LogP contribution in [0.3, 0.4) is 0 Å². The van der Waals surface area contributed by atoms with Gasteiger partial charge in [0, 0.05) is 11.3 Å². The first-order valence-corrected chi connectivity index (χ1v) is 10.4. The largest absolute Gasteiger partial charge is 0.443 e. The quantitative estimate of drug-likeness (QED) is 0.570. The molecule has 3 amide bonds. The van der Waals surface area contributed by atoms with Crippen molar-refractivity contribution in [2.24, 2.45) is 0 Å². The topological polar surface area (TPSA) is 97.0 Å². The lowest BCUT2D eigenvalue weighted by Crippen LogP contribution is -2.59. The van der Waals surface area contributed by atoms with E-state index in [2.05, 4.69) is 10.7 Å². The van der Waals surface area contributed by atoms with Crippen molar-refractivity contribution in [1.29, 1.82) is 0 Å². The first-order chi connectivity index (χ1) is 16.0. The van der Waals surface area contributed by atoms with Crippen molar-refractivity contribution in [2.75, 3.05) is 5.32 Å². The van der Waals surface area contributed by atoms with Crippen LogP contribution in [0.25, 0.3) is 0 Å². The molecule has 0 aliphatic carbocycles. The number of anilines is 1. The SMILES string of the molecule is C[C@]1(N(NC(=O)OCc2ccccc2)C(=O)OCc2ccccc2)C(=O)Nc2ccccc21. The van der Waals surface area contributed by atoms with E-state index in [9.17, 15) is 14.4 Å². The number of hydrogen-bond donors (Lipinski definition) is 2. The lowest BCUT2D eigenvalue weighted by Gasteiger charge is -2.35. The zero-order chi connectivity index (χ0) is 23.3. The van der Waals surface area contributed by atoms with Crippen LogP contribution in [0, 0.1) is 0 Å². The van der Waals surface area contributed by atoms with E-state index in [1.54, 1.807) is 48.5 Å². The van der Waals surface area contributed by atoms with E-state index >= 15 is 0 Å². The highest BCUT2D eigenvalue weighted by molar-refractivity contribution is 6.07. The Balaban J connectivity index is 1.56. The number of rotatable bonds is 5. The zero-order valence-electron chi connectivity index (χ0n) is 18.0. The summed E-state index contributed by atoms with van der Waals surface area (Å²) in [6.45, 7) is 1.50. The maximum Gasteiger partial charge on any atom is 0.430 e. The molecule has 1 aliphatic rings. The molecule has 3 aromatic carbocycles. The number of carbonyl (C=O) groups excluding carboxylic acids is 3. The molecule has 0 saturated carbocycles. The second kappa shape index (κ2) is 9.44. The number of para-hydroxylation sites is 1. The molecule has 1 heterocycles. The molecule has 0 spiro atoms. The minimum atomic E-state index is -1.55. The summed E-state index contributed by atoms with van der Waals surface area (Å²) in [5.74, 6) is -0.483. The van der Waals surface area contributed by atoms with Gasteiger partial charge in [0.05, 0.1) is 0 Å². The molecular weight excluding hydrogens is 422 g/mol. The predicted molar refractivity (Wildman–Crippen MR) is 121 cm³/mol. The Kier molecular flexibility index (Phi) is 6.26. The first-order valence-electron chi connectivity index (χ1n) is 10.4. The summed E-state index contributed by atoms with van der Waals surface area (Å²) in [6.07, 6.45) is -1.79. The average molecular weight is 445 g/mol. The Hall–Kier alpha value is -4.33. The summed E-state index contributed by atoms with van der Waals surface area (Å²) in [5.41, 5.74) is 3.48. The standard InChI is InChI=1S/C25H23N3O5/c1-25(20-14-8-9-15-21(20)26-22(25)29)28(24(31)33-17-19-12-6-3-7-13-19)27-23(30)32-16-18-10-4-2-5-11-18/h2-15H,16-17H2,1H3,(H,26,29)(H,27,30)/t25-/m1/s1. The van der Waals surface area contributed by atoms with Gasteiger partial charge in [-0.25, -0.2) is 15.0 Å². The van der Waals surface area contributed by atoms with Crippen molar-refractivity contribution in [3.8, 4) is 0 Å². The molecule has 0 saturated heterocycles. The molecule has 1 atom stereocenters. The summed E-state index contributed by atoms with van der Waals surface area (Å²) in [5, 5.41) is 3.63. The van der Waals surface area contributed by atoms with Crippen LogP contribution in [0.4, 0.5) is 15.3 Å². The van der Waals surface area contributed by atoms with Crippen LogP contribution < -0.4 is 10.7 Å². The number of hydrogen-bond acceptors (Lipinski definition) is 5. The highest BCUT2D eigenvalue weighted by atomic mass is 16.6. The molecule has 33 heavy (non-hydrogen) atoms. The van der Waals surface area contributed by atoms with Gasteiger partial charge >= 0.3 is 12.2 Å². The van der Waals surface area contributed by atoms with Crippen molar-refractivity contribution < 1.29 is 23.9 Å². The Bertz CT molecular complexity index is 1150. The Morgan fingerprint density at radius 3 is 2.03 bits per heavy atom. The van der Waals surface area contributed by atoms with Gasteiger partial charge in [-0.15, -0.1) is 0 Å². The maximum atomic E-state index is 13.1. The van der Waals surface area contributed by atoms with Crippen LogP contribution in [-0.2, 0) is 33.0 Å². The Labute approximate surface area is 191 Å². The summed E-state index contributed by atoms with van der Waals surface area (Å²) < 4.78 is 10.7. The molecular formula is C25H23N3O5. The van der Waals surface area contributed by atoms with Gasteiger partial charge in [0.15, 0.2) is 5.54 Å². The summed E-state index contributed by atoms with van der Waals surface area (Å²) in [6, 6.07) is 25.2. The van der Waals surface area contributed by atoms with Gasteiger partial charge < -0.3 is 14.8 Å². The molecule has 2 N–H and O–H groups in total. The summed E-state index contributed by atoms with van der Waals surface area (Å²) in [4.78, 5) is 38.7. The summed E-state index contributed by atoms with van der Waals surface area (Å²) in [7, 11) is 0. The molecule has 1 aliphatic heterocycles. The fourth-order valence-corrected chi connectivity index (χ4v) is 3.58. The summed E-state index contributed by atoms with van der Waals surface area (Å²) >= 11 is 0. The van der Waals surface area contributed by atoms with Crippen molar-refractivity contribution in [3.63, 3.8) is 0 Å². The van der Waals surface area contributed by atoms with Crippen LogP contribution in [0.2, 0.25) is 0 Å². The normalized spacial score (nSPS) is 16.3. The molecule has 8 heteroatoms. The monoisotopic (exact) mass is 445 g/mol. The molecule has 168 valence electrons. The highest BCUT2D eigenvalue weighted by Gasteiger charge is 2.51. The molecule has 4 rings (SSSR count). The molecule has 0 fully saturated rings. The number of benzene rings is 3. The van der Waals surface area contributed by atoms with Gasteiger partial charge in [0.2, 0.25) is 0 Å². The molecule has 3 aromatic rings. The van der Waals surface area contributed by atoms with Gasteiger partial charge in [-0.3, -0.25) is 4.79 Å². The van der Waals surface area contributed by atoms with E-state index in [0.29, 0.717) is 11.3 Å². The van der Waals surface area contributed by atoms with Crippen LogP contribution in [-0.4, -0.2) is 23.1 Å². The lowest BCUT2D eigenvalue weighted by molar-refractivity contribution is -0.127. The third-order valence-electron chi connectivity index (χ3n) is 5.39. The zero-order valence-corrected chi connectivity index (χ0v) is 18.0. The van der Waals surface area contributed by atoms with Crippen molar-refractivity contribution in [3.05, 3.63) is 102 Å². The highest BCUT2D eigenvalue weighted by Crippen LogP contribution is 2.39. The van der Waals surface area contributed by atoms with Crippen LogP contribution in [0.15, 0.2) is 84.9 Å². The number of ether oxygens (including phenoxy) is 2. The molecule has 0 radical (unpaired) electrons. The van der Waals surface area contributed by atoms with E-state index in [1.165, 1.54) is 6.92 Å². The number of fused-ring (bicyclic) bond motifs is 1. The second-order valence-corrected chi connectivity index (χ2v) is 7.62. The number of hydrazine groups is 1. The van der Waals surface area contributed by atoms with E-state index in [-0.39, 0.29) is 13.2 Å². The lowest BCUT2D eigenvalue weighted by atomic mass is 9.93. The van der Waals surface area contributed by atoms with Gasteiger partial charge in [0.1, 0.15) is 13.2 Å². The second-order valence-electron chi connectivity index (χ2n) is 7.62. The smallest absolute Gasteiger partial charge is 0.430 e. The molecule has 0 bridgehead atoms. The molecule has 8 nitrogen and oxygen atoms in total. The van der Waals surface area contributed by atoms with Crippen LogP contribution in [0.1, 0.15) is 23.6 Å². The third kappa shape index (κ3) is 4.64. The van der Waals surface area contributed by atoms with Crippen molar-refractivity contribution in [1.82, 2.24) is 10.4 Å². The maximum absolute atomic E-state index is 13.1. The average Bonchev–Trinajstić information content (AvgIpc) is 3.11. The Morgan fingerprint density at radius 2 is 1.39 bits per heavy atom. The Morgan fingerprint density at radius 1 is 0.848 bits per heavy atom. The minimum Gasteiger partial charge on any atom is -0.443 e. The van der Waals surface area contributed by atoms with E-state index in [0.717, 1.165) is 16.1 Å². The number of nitrogens with zero attached hydrogens (tertiary/aromatic N) is 1. The minimum absolute atomic E-state index is 0.000919. The van der Waals surface area contributed by atoms with Gasteiger partial charge in [0.25, 0.3) is 5.91 Å². The number of nitrogens with one attached hydrogen (secondary N) is 2. The van der Waals surface area contributed by atoms with E-state index < -0.39 is 23.6 Å². The van der Waals surface area contributed by atoms with Crippen molar-refractivity contribution >= 4 is 23.8 Å². The first kappa shape index (κ1) is 21.9. The molecule has 0 unspecified atom stereocenters. The van der Waals surface area contributed by atoms with E-state index in [1.807, 2.05) is 36.4 Å². The van der Waals surface area contributed by atoms with Crippen LogP contribution >= 0.6 is 0 Å². The predicted octanol–water partition coefficient (Wildman–Crippen LogP) is 4.33. The van der Waals surface area contributed by atoms with Crippen LogP contribution in [0.5, 0.6) is 0 Å². The molecule has 0 aromatic heterocycles. The number of carbonyl (C=O) groups is 3. The van der Waals surface area contributed by atoms with E-state index in [4.69, 9.17) is 9.47 Å². The van der Waals surface area contributed by atoms with Gasteiger partial charge in [-0.2, -0.15) is 5.01 Å². The fourth-order valence-electron chi connectivity index (χ4n) is 3.58. The fraction of sp³-hybridized carbons (Fsp3) is 0.160. The van der Waals surface area contributed by atoms with Gasteiger partial charge in [-0.1, -0.05) is 78.9 Å². The van der Waals surface area contributed by atoms with Gasteiger partial charge in [-0.05, 0) is 24.1 Å². The third-order valence-corrected chi connectivity index (χ3v) is 5.39. The van der Waals surface area contributed by atoms with Crippen molar-refractivity contribution in [2.45, 2.75) is 25.7 Å².